The van der Waals surface area contributed by atoms with E-state index in [0.717, 1.165) is 11.1 Å². The number of benzene rings is 1. The molecule has 1 aromatic carbocycles. The lowest BCUT2D eigenvalue weighted by Crippen LogP contribution is -1.84. The van der Waals surface area contributed by atoms with Gasteiger partial charge in [0.1, 0.15) is 0 Å². The quantitative estimate of drug-likeness (QED) is 0.489. The van der Waals surface area contributed by atoms with E-state index in [1.165, 1.54) is 0 Å². The number of rotatable bonds is 3. The monoisotopic (exact) mass is 171 g/mol. The van der Waals surface area contributed by atoms with Crippen LogP contribution in [-0.2, 0) is 0 Å². The Hall–Kier alpha value is -1.63. The summed E-state index contributed by atoms with van der Waals surface area (Å²) in [6.45, 7) is 3.67. The Morgan fingerprint density at radius 3 is 2.54 bits per heavy atom. The summed E-state index contributed by atoms with van der Waals surface area (Å²) in [7, 11) is 1.76. The van der Waals surface area contributed by atoms with Crippen molar-refractivity contribution in [3.05, 3.63) is 54.6 Å². The van der Waals surface area contributed by atoms with E-state index >= 15 is 0 Å². The lowest BCUT2D eigenvalue weighted by atomic mass is 10.1. The van der Waals surface area contributed by atoms with Crippen LogP contribution in [0.5, 0.6) is 0 Å². The molecule has 0 unspecified atom stereocenters. The van der Waals surface area contributed by atoms with E-state index in [1.807, 2.05) is 30.5 Å². The molecule has 0 bridgehead atoms. The van der Waals surface area contributed by atoms with Gasteiger partial charge in [0, 0.05) is 13.3 Å². The summed E-state index contributed by atoms with van der Waals surface area (Å²) in [5.41, 5.74) is 2.24. The average molecular weight is 171 g/mol. The predicted molar refractivity (Wildman–Crippen MR) is 59.0 cm³/mol. The van der Waals surface area contributed by atoms with Gasteiger partial charge in [-0.25, -0.2) is 0 Å². The zero-order chi connectivity index (χ0) is 9.52. The number of allylic oxidation sites excluding steroid dienone is 3. The van der Waals surface area contributed by atoms with Crippen LogP contribution in [0.25, 0.3) is 5.57 Å². The first-order chi connectivity index (χ1) is 6.38. The van der Waals surface area contributed by atoms with Gasteiger partial charge < -0.3 is 0 Å². The van der Waals surface area contributed by atoms with Crippen molar-refractivity contribution in [3.8, 4) is 0 Å². The second kappa shape index (κ2) is 5.09. The maximum atomic E-state index is 3.99. The fourth-order valence-electron chi connectivity index (χ4n) is 1.11. The van der Waals surface area contributed by atoms with E-state index in [4.69, 9.17) is 0 Å². The van der Waals surface area contributed by atoms with E-state index < -0.39 is 0 Å². The Labute approximate surface area is 79.1 Å². The highest BCUT2D eigenvalue weighted by molar-refractivity contribution is 6.10. The highest BCUT2D eigenvalue weighted by Crippen LogP contribution is 2.11. The largest absolute Gasteiger partial charge is 0.296 e. The lowest BCUT2D eigenvalue weighted by molar-refractivity contribution is 1.47. The molecule has 13 heavy (non-hydrogen) atoms. The Morgan fingerprint density at radius 2 is 2.00 bits per heavy atom. The van der Waals surface area contributed by atoms with Crippen LogP contribution >= 0.6 is 0 Å². The van der Waals surface area contributed by atoms with Gasteiger partial charge in [0.2, 0.25) is 0 Å². The van der Waals surface area contributed by atoms with Gasteiger partial charge in [-0.05, 0) is 11.1 Å². The first-order valence-electron chi connectivity index (χ1n) is 4.19. The van der Waals surface area contributed by atoms with Crippen LogP contribution in [0.3, 0.4) is 0 Å². The highest BCUT2D eigenvalue weighted by atomic mass is 14.6. The molecule has 0 saturated carbocycles. The van der Waals surface area contributed by atoms with Crippen LogP contribution in [0.2, 0.25) is 0 Å². The minimum Gasteiger partial charge on any atom is -0.296 e. The molecule has 1 heteroatoms. The van der Waals surface area contributed by atoms with Crippen LogP contribution in [0.4, 0.5) is 0 Å². The van der Waals surface area contributed by atoms with Crippen molar-refractivity contribution in [3.63, 3.8) is 0 Å². The third-order valence-corrected chi connectivity index (χ3v) is 1.67. The Bertz CT molecular complexity index is 320. The second-order valence-corrected chi connectivity index (χ2v) is 2.61. The van der Waals surface area contributed by atoms with Crippen LogP contribution in [0.1, 0.15) is 5.56 Å². The molecule has 0 saturated heterocycles. The molecule has 66 valence electrons. The third-order valence-electron chi connectivity index (χ3n) is 1.67. The number of hydrogen-bond donors (Lipinski definition) is 0. The van der Waals surface area contributed by atoms with Crippen molar-refractivity contribution in [2.45, 2.75) is 0 Å². The third kappa shape index (κ3) is 2.71. The summed E-state index contributed by atoms with van der Waals surface area (Å²) in [6, 6.07) is 10.1. The minimum atomic E-state index is 1.08. The smallest absolute Gasteiger partial charge is 0.0287 e. The standard InChI is InChI=1S/C12H13N/c1-3-7-12(10-13-2)11-8-5-4-6-9-11/h3-10H,1H2,2H3/b12-7+,13-10?. The van der Waals surface area contributed by atoms with Gasteiger partial charge in [0.25, 0.3) is 0 Å². The fraction of sp³-hybridized carbons (Fsp3) is 0.0833. The topological polar surface area (TPSA) is 12.4 Å². The molecule has 0 aromatic heterocycles. The second-order valence-electron chi connectivity index (χ2n) is 2.61. The maximum absolute atomic E-state index is 3.99. The normalized spacial score (nSPS) is 11.9. The first kappa shape index (κ1) is 9.46. The summed E-state index contributed by atoms with van der Waals surface area (Å²) in [5.74, 6) is 0. The van der Waals surface area contributed by atoms with E-state index in [9.17, 15) is 0 Å². The Kier molecular flexibility index (Phi) is 3.71. The minimum absolute atomic E-state index is 1.08. The maximum Gasteiger partial charge on any atom is 0.0287 e. The van der Waals surface area contributed by atoms with Crippen molar-refractivity contribution in [2.75, 3.05) is 7.05 Å². The number of aliphatic imine (C=N–C) groups is 1. The summed E-state index contributed by atoms with van der Waals surface area (Å²) >= 11 is 0. The van der Waals surface area contributed by atoms with E-state index in [2.05, 4.69) is 23.7 Å². The Morgan fingerprint density at radius 1 is 1.31 bits per heavy atom. The average Bonchev–Trinajstić information content (AvgIpc) is 2.19. The van der Waals surface area contributed by atoms with Crippen molar-refractivity contribution in [1.82, 2.24) is 0 Å². The molecule has 0 heterocycles. The fourth-order valence-corrected chi connectivity index (χ4v) is 1.11. The zero-order valence-electron chi connectivity index (χ0n) is 7.77. The summed E-state index contributed by atoms with van der Waals surface area (Å²) in [5, 5.41) is 0. The van der Waals surface area contributed by atoms with Crippen molar-refractivity contribution in [1.29, 1.82) is 0 Å². The molecule has 0 fully saturated rings. The van der Waals surface area contributed by atoms with Gasteiger partial charge in [-0.15, -0.1) is 0 Å². The van der Waals surface area contributed by atoms with Gasteiger partial charge >= 0.3 is 0 Å². The Balaban J connectivity index is 3.03. The van der Waals surface area contributed by atoms with E-state index in [0.29, 0.717) is 0 Å². The number of nitrogens with zero attached hydrogens (tertiary/aromatic N) is 1. The SMILES string of the molecule is C=C/C=C(\C=NC)c1ccccc1. The van der Waals surface area contributed by atoms with Crippen LogP contribution < -0.4 is 0 Å². The molecule has 1 rings (SSSR count). The molecule has 0 spiro atoms. The summed E-state index contributed by atoms with van der Waals surface area (Å²) < 4.78 is 0. The van der Waals surface area contributed by atoms with E-state index in [-0.39, 0.29) is 0 Å². The molecule has 0 aliphatic carbocycles. The molecule has 0 aliphatic heterocycles. The number of hydrogen-bond acceptors (Lipinski definition) is 1. The van der Waals surface area contributed by atoms with Crippen molar-refractivity contribution in [2.24, 2.45) is 4.99 Å². The predicted octanol–water partition coefficient (Wildman–Crippen LogP) is 2.96. The van der Waals surface area contributed by atoms with Crippen LogP contribution in [0.15, 0.2) is 54.1 Å². The van der Waals surface area contributed by atoms with Gasteiger partial charge in [0.05, 0.1) is 0 Å². The van der Waals surface area contributed by atoms with Gasteiger partial charge in [-0.1, -0.05) is 49.1 Å². The van der Waals surface area contributed by atoms with Gasteiger partial charge in [0.15, 0.2) is 0 Å². The van der Waals surface area contributed by atoms with E-state index in [1.54, 1.807) is 13.1 Å². The van der Waals surface area contributed by atoms with Crippen LogP contribution in [-0.4, -0.2) is 13.3 Å². The molecular formula is C12H13N. The zero-order valence-corrected chi connectivity index (χ0v) is 7.77. The van der Waals surface area contributed by atoms with Crippen molar-refractivity contribution >= 4 is 11.8 Å². The first-order valence-corrected chi connectivity index (χ1v) is 4.19. The van der Waals surface area contributed by atoms with Gasteiger partial charge in [-0.2, -0.15) is 0 Å². The summed E-state index contributed by atoms with van der Waals surface area (Å²) in [6.07, 6.45) is 5.54. The van der Waals surface area contributed by atoms with Gasteiger partial charge in [-0.3, -0.25) is 4.99 Å². The molecule has 0 amide bonds. The molecule has 0 radical (unpaired) electrons. The molecule has 1 aromatic rings. The summed E-state index contributed by atoms with van der Waals surface area (Å²) in [4.78, 5) is 3.99. The lowest BCUT2D eigenvalue weighted by Gasteiger charge is -1.99. The molecular weight excluding hydrogens is 158 g/mol. The highest BCUT2D eigenvalue weighted by Gasteiger charge is 1.94. The van der Waals surface area contributed by atoms with Crippen LogP contribution in [0, 0.1) is 0 Å². The molecule has 1 nitrogen and oxygen atoms in total. The molecule has 0 aliphatic rings. The molecule has 0 atom stereocenters. The van der Waals surface area contributed by atoms with Crippen molar-refractivity contribution < 1.29 is 0 Å². The molecule has 0 N–H and O–H groups in total.